The van der Waals surface area contributed by atoms with Crippen LogP contribution in [-0.2, 0) is 0 Å². The van der Waals surface area contributed by atoms with Crippen molar-refractivity contribution in [2.24, 2.45) is 0 Å². The number of hydrogen-bond donors (Lipinski definition) is 1. The lowest BCUT2D eigenvalue weighted by Gasteiger charge is -2.20. The van der Waals surface area contributed by atoms with Crippen LogP contribution in [0, 0.1) is 0 Å². The summed E-state index contributed by atoms with van der Waals surface area (Å²) in [5, 5.41) is 9.45. The van der Waals surface area contributed by atoms with Gasteiger partial charge >= 0.3 is 0 Å². The second kappa shape index (κ2) is 4.24. The normalized spacial score (nSPS) is 17.2. The SMILES string of the molecule is CC=C(C)C(O)C(Br)(Br)Br. The maximum atomic E-state index is 9.45. The number of rotatable bonds is 1. The third-order valence-corrected chi connectivity index (χ3v) is 2.50. The van der Waals surface area contributed by atoms with Crippen LogP contribution in [0.3, 0.4) is 0 Å². The number of hydrogen-bond acceptors (Lipinski definition) is 1. The molecule has 0 aliphatic carbocycles. The number of halogens is 3. The van der Waals surface area contributed by atoms with Crippen LogP contribution < -0.4 is 0 Å². The number of alkyl halides is 3. The van der Waals surface area contributed by atoms with Crippen LogP contribution in [0.4, 0.5) is 0 Å². The maximum absolute atomic E-state index is 9.45. The average Bonchev–Trinajstić information content (AvgIpc) is 1.83. The van der Waals surface area contributed by atoms with Gasteiger partial charge in [-0.1, -0.05) is 53.9 Å². The zero-order valence-electron chi connectivity index (χ0n) is 5.74. The number of aliphatic hydroxyl groups is 1. The Hall–Kier alpha value is 1.14. The molecule has 0 fully saturated rings. The summed E-state index contributed by atoms with van der Waals surface area (Å²) in [4.78, 5) is 0. The van der Waals surface area contributed by atoms with E-state index in [4.69, 9.17) is 0 Å². The summed E-state index contributed by atoms with van der Waals surface area (Å²) in [6, 6.07) is 0. The van der Waals surface area contributed by atoms with Crippen LogP contribution in [0.1, 0.15) is 13.8 Å². The van der Waals surface area contributed by atoms with Crippen molar-refractivity contribution >= 4 is 47.8 Å². The lowest BCUT2D eigenvalue weighted by Crippen LogP contribution is -2.24. The van der Waals surface area contributed by atoms with Crippen molar-refractivity contribution in [1.29, 1.82) is 0 Å². The fraction of sp³-hybridized carbons (Fsp3) is 0.667. The third kappa shape index (κ3) is 3.51. The van der Waals surface area contributed by atoms with Gasteiger partial charge in [0.15, 0.2) is 2.14 Å². The molecule has 1 atom stereocenters. The summed E-state index contributed by atoms with van der Waals surface area (Å²) in [6.45, 7) is 3.75. The fourth-order valence-electron chi connectivity index (χ4n) is 0.416. The highest BCUT2D eigenvalue weighted by molar-refractivity contribution is 9.39. The smallest absolute Gasteiger partial charge is 0.164 e. The van der Waals surface area contributed by atoms with E-state index in [9.17, 15) is 5.11 Å². The largest absolute Gasteiger partial charge is 0.385 e. The first-order valence-electron chi connectivity index (χ1n) is 2.77. The van der Waals surface area contributed by atoms with Crippen molar-refractivity contribution in [1.82, 2.24) is 0 Å². The van der Waals surface area contributed by atoms with E-state index in [0.717, 1.165) is 5.57 Å². The molecule has 0 aromatic rings. The van der Waals surface area contributed by atoms with Gasteiger partial charge in [0, 0.05) is 0 Å². The minimum Gasteiger partial charge on any atom is -0.385 e. The fourth-order valence-corrected chi connectivity index (χ4v) is 1.50. The minimum atomic E-state index is -0.594. The Balaban J connectivity index is 4.23. The molecule has 0 radical (unpaired) electrons. The molecule has 0 aromatic heterocycles. The molecule has 4 heteroatoms. The molecular formula is C6H9Br3O. The second-order valence-corrected chi connectivity index (χ2v) is 8.92. The first kappa shape index (κ1) is 11.1. The Bertz CT molecular complexity index is 136. The van der Waals surface area contributed by atoms with Gasteiger partial charge in [-0.3, -0.25) is 0 Å². The van der Waals surface area contributed by atoms with E-state index in [1.165, 1.54) is 0 Å². The van der Waals surface area contributed by atoms with E-state index in [-0.39, 0.29) is 0 Å². The van der Waals surface area contributed by atoms with Gasteiger partial charge in [-0.05, 0) is 19.4 Å². The van der Waals surface area contributed by atoms with Gasteiger partial charge in [0.1, 0.15) is 6.10 Å². The molecule has 0 saturated heterocycles. The quantitative estimate of drug-likeness (QED) is 0.576. The molecule has 0 aromatic carbocycles. The predicted molar refractivity (Wildman–Crippen MR) is 54.9 cm³/mol. The van der Waals surface area contributed by atoms with Gasteiger partial charge in [-0.2, -0.15) is 0 Å². The predicted octanol–water partition coefficient (Wildman–Crippen LogP) is 3.15. The van der Waals surface area contributed by atoms with Gasteiger partial charge in [-0.25, -0.2) is 0 Å². The van der Waals surface area contributed by atoms with E-state index in [1.807, 2.05) is 19.9 Å². The summed E-state index contributed by atoms with van der Waals surface area (Å²) < 4.78 is -0.594. The molecule has 0 aliphatic heterocycles. The van der Waals surface area contributed by atoms with Gasteiger partial charge in [0.2, 0.25) is 0 Å². The standard InChI is InChI=1S/C6H9Br3O/c1-3-4(2)5(10)6(7,8)9/h3,5,10H,1-2H3. The summed E-state index contributed by atoms with van der Waals surface area (Å²) >= 11 is 9.68. The third-order valence-electron chi connectivity index (χ3n) is 1.20. The average molecular weight is 337 g/mol. The summed E-state index contributed by atoms with van der Waals surface area (Å²) in [7, 11) is 0. The van der Waals surface area contributed by atoms with Crippen LogP contribution in [-0.4, -0.2) is 13.4 Å². The molecule has 0 spiro atoms. The Labute approximate surface area is 86.3 Å². The van der Waals surface area contributed by atoms with E-state index in [2.05, 4.69) is 47.8 Å². The lowest BCUT2D eigenvalue weighted by atomic mass is 10.2. The molecular weight excluding hydrogens is 328 g/mol. The first-order chi connectivity index (χ1) is 4.39. The van der Waals surface area contributed by atoms with Crippen molar-refractivity contribution in [3.05, 3.63) is 11.6 Å². The molecule has 10 heavy (non-hydrogen) atoms. The molecule has 1 unspecified atom stereocenters. The molecule has 0 bridgehead atoms. The van der Waals surface area contributed by atoms with Crippen LogP contribution in [0.2, 0.25) is 0 Å². The highest BCUT2D eigenvalue weighted by Gasteiger charge is 2.29. The summed E-state index contributed by atoms with van der Waals surface area (Å²) in [6.07, 6.45) is 1.31. The highest BCUT2D eigenvalue weighted by atomic mass is 80.0. The van der Waals surface area contributed by atoms with E-state index < -0.39 is 8.25 Å². The van der Waals surface area contributed by atoms with Crippen molar-refractivity contribution < 1.29 is 5.11 Å². The van der Waals surface area contributed by atoms with Crippen molar-refractivity contribution in [2.75, 3.05) is 0 Å². The molecule has 0 heterocycles. The molecule has 1 nitrogen and oxygen atoms in total. The van der Waals surface area contributed by atoms with Crippen LogP contribution in [0.25, 0.3) is 0 Å². The molecule has 60 valence electrons. The van der Waals surface area contributed by atoms with Crippen molar-refractivity contribution in [3.8, 4) is 0 Å². The Kier molecular flexibility index (Phi) is 4.72. The topological polar surface area (TPSA) is 20.2 Å². The highest BCUT2D eigenvalue weighted by Crippen LogP contribution is 2.39. The maximum Gasteiger partial charge on any atom is 0.164 e. The molecule has 0 amide bonds. The molecule has 0 aliphatic rings. The Morgan fingerprint density at radius 1 is 1.50 bits per heavy atom. The van der Waals surface area contributed by atoms with Crippen molar-refractivity contribution in [3.63, 3.8) is 0 Å². The van der Waals surface area contributed by atoms with Crippen LogP contribution in [0.5, 0.6) is 0 Å². The molecule has 1 N–H and O–H groups in total. The van der Waals surface area contributed by atoms with Gasteiger partial charge in [0.05, 0.1) is 0 Å². The Morgan fingerprint density at radius 2 is 1.90 bits per heavy atom. The lowest BCUT2D eigenvalue weighted by molar-refractivity contribution is 0.225. The number of aliphatic hydroxyl groups excluding tert-OH is 1. The van der Waals surface area contributed by atoms with Crippen LogP contribution >= 0.6 is 47.8 Å². The van der Waals surface area contributed by atoms with Gasteiger partial charge < -0.3 is 5.11 Å². The molecule has 0 rings (SSSR count). The Morgan fingerprint density at radius 3 is 2.00 bits per heavy atom. The summed E-state index contributed by atoms with van der Waals surface area (Å²) in [5.41, 5.74) is 0.908. The van der Waals surface area contributed by atoms with Crippen LogP contribution in [0.15, 0.2) is 11.6 Å². The summed E-state index contributed by atoms with van der Waals surface area (Å²) in [5.74, 6) is 0. The first-order valence-corrected chi connectivity index (χ1v) is 5.15. The molecule has 0 saturated carbocycles. The second-order valence-electron chi connectivity index (χ2n) is 1.98. The zero-order chi connectivity index (χ0) is 8.36. The zero-order valence-corrected chi connectivity index (χ0v) is 10.5. The van der Waals surface area contributed by atoms with E-state index >= 15 is 0 Å². The van der Waals surface area contributed by atoms with E-state index in [0.29, 0.717) is 0 Å². The van der Waals surface area contributed by atoms with Gasteiger partial charge in [-0.15, -0.1) is 0 Å². The van der Waals surface area contributed by atoms with E-state index in [1.54, 1.807) is 0 Å². The number of allylic oxidation sites excluding steroid dienone is 1. The minimum absolute atomic E-state index is 0.558. The van der Waals surface area contributed by atoms with Crippen molar-refractivity contribution in [2.45, 2.75) is 22.1 Å². The van der Waals surface area contributed by atoms with Gasteiger partial charge in [0.25, 0.3) is 0 Å². The monoisotopic (exact) mass is 334 g/mol.